The van der Waals surface area contributed by atoms with Crippen LogP contribution in [-0.2, 0) is 13.0 Å². The van der Waals surface area contributed by atoms with Gasteiger partial charge in [0.1, 0.15) is 5.75 Å². The van der Waals surface area contributed by atoms with Crippen molar-refractivity contribution in [2.45, 2.75) is 24.3 Å². The first-order valence-corrected chi connectivity index (χ1v) is 12.4. The number of aromatic nitrogens is 1. The number of pyridine rings is 1. The summed E-state index contributed by atoms with van der Waals surface area (Å²) in [7, 11) is 1.70. The Labute approximate surface area is 215 Å². The van der Waals surface area contributed by atoms with Crippen molar-refractivity contribution in [1.82, 2.24) is 0 Å². The van der Waals surface area contributed by atoms with Crippen LogP contribution in [0.15, 0.2) is 82.7 Å². The summed E-state index contributed by atoms with van der Waals surface area (Å²) < 4.78 is 7.71. The number of methoxy groups -OCH3 is 1. The SMILES string of the molecule is COc1ccc2c(/C=C3\Sc4cccc5c4N3CCC5)cc(Cl)[n+](Cc3ccccc3)c2c1.[Cl-]. The standard InChI is InChI=1S/C28H24ClN2OS.ClH/c1-32-22-12-13-23-21(15-26(29)31(24(23)17-22)18-19-7-3-2-4-8-19)16-27-30-14-6-10-20-9-5-11-25(33-27)28(20)30;/h2-5,7-9,11-13,15-17H,6,10,14,18H2,1H3;1H/q+1;/p-1. The second kappa shape index (κ2) is 9.53. The Balaban J connectivity index is 0.00000241. The number of nitrogens with zero attached hydrogens (tertiary/aromatic N) is 2. The van der Waals surface area contributed by atoms with Crippen LogP contribution >= 0.6 is 23.4 Å². The number of thioether (sulfide) groups is 1. The van der Waals surface area contributed by atoms with E-state index in [-0.39, 0.29) is 12.4 Å². The molecule has 0 radical (unpaired) electrons. The van der Waals surface area contributed by atoms with Gasteiger partial charge in [-0.2, -0.15) is 4.57 Å². The highest BCUT2D eigenvalue weighted by Gasteiger charge is 2.30. The highest BCUT2D eigenvalue weighted by molar-refractivity contribution is 8.03. The summed E-state index contributed by atoms with van der Waals surface area (Å²) in [6.07, 6.45) is 4.64. The molecular formula is C28H24Cl2N2OS. The quantitative estimate of drug-likeness (QED) is 0.310. The van der Waals surface area contributed by atoms with Crippen LogP contribution in [0.2, 0.25) is 5.15 Å². The number of halogens is 2. The number of hydrogen-bond acceptors (Lipinski definition) is 3. The van der Waals surface area contributed by atoms with Gasteiger partial charge >= 0.3 is 0 Å². The predicted octanol–water partition coefficient (Wildman–Crippen LogP) is 3.70. The monoisotopic (exact) mass is 506 g/mol. The maximum Gasteiger partial charge on any atom is 0.276 e. The Bertz CT molecular complexity index is 1400. The van der Waals surface area contributed by atoms with E-state index in [9.17, 15) is 0 Å². The number of ether oxygens (including phenoxy) is 1. The molecule has 172 valence electrons. The second-order valence-electron chi connectivity index (χ2n) is 8.48. The van der Waals surface area contributed by atoms with Crippen LogP contribution in [0.25, 0.3) is 17.0 Å². The van der Waals surface area contributed by atoms with Crippen LogP contribution in [0.1, 0.15) is 23.1 Å². The van der Waals surface area contributed by atoms with Crippen molar-refractivity contribution in [3.05, 3.63) is 99.7 Å². The van der Waals surface area contributed by atoms with Crippen molar-refractivity contribution in [2.24, 2.45) is 0 Å². The molecule has 0 atom stereocenters. The minimum absolute atomic E-state index is 0. The normalized spacial score (nSPS) is 15.4. The molecule has 2 aliphatic rings. The van der Waals surface area contributed by atoms with Crippen LogP contribution < -0.4 is 26.6 Å². The maximum atomic E-state index is 6.91. The van der Waals surface area contributed by atoms with E-state index in [4.69, 9.17) is 16.3 Å². The van der Waals surface area contributed by atoms with Crippen LogP contribution in [0, 0.1) is 0 Å². The van der Waals surface area contributed by atoms with Crippen LogP contribution in [0.4, 0.5) is 5.69 Å². The van der Waals surface area contributed by atoms with Crippen LogP contribution in [-0.4, -0.2) is 13.7 Å². The Hall–Kier alpha value is -2.66. The van der Waals surface area contributed by atoms with Gasteiger partial charge < -0.3 is 22.0 Å². The van der Waals surface area contributed by atoms with E-state index in [0.29, 0.717) is 11.7 Å². The van der Waals surface area contributed by atoms with Gasteiger partial charge in [-0.1, -0.05) is 54.2 Å². The van der Waals surface area contributed by atoms with Gasteiger partial charge in [0.15, 0.2) is 6.54 Å². The van der Waals surface area contributed by atoms with E-state index in [1.165, 1.54) is 33.2 Å². The summed E-state index contributed by atoms with van der Waals surface area (Å²) in [5, 5.41) is 3.15. The average molecular weight is 507 g/mol. The Morgan fingerprint density at radius 2 is 1.91 bits per heavy atom. The van der Waals surface area contributed by atoms with Gasteiger partial charge in [-0.15, -0.1) is 0 Å². The summed E-state index contributed by atoms with van der Waals surface area (Å²) in [6.45, 7) is 1.76. The number of anilines is 1. The molecule has 0 amide bonds. The molecule has 2 aliphatic heterocycles. The number of hydrogen-bond donors (Lipinski definition) is 0. The molecule has 0 aliphatic carbocycles. The molecule has 0 fully saturated rings. The summed E-state index contributed by atoms with van der Waals surface area (Å²) in [5.41, 5.74) is 6.26. The fraction of sp³-hybridized carbons (Fsp3) is 0.179. The largest absolute Gasteiger partial charge is 1.00 e. The molecule has 34 heavy (non-hydrogen) atoms. The van der Waals surface area contributed by atoms with Gasteiger partial charge in [0.05, 0.1) is 29.3 Å². The van der Waals surface area contributed by atoms with Crippen molar-refractivity contribution >= 4 is 46.0 Å². The van der Waals surface area contributed by atoms with Gasteiger partial charge in [-0.25, -0.2) is 0 Å². The van der Waals surface area contributed by atoms with Gasteiger partial charge in [0.2, 0.25) is 5.52 Å². The number of rotatable bonds is 4. The molecule has 6 heteroatoms. The number of aryl methyl sites for hydroxylation is 1. The van der Waals surface area contributed by atoms with E-state index >= 15 is 0 Å². The molecular weight excluding hydrogens is 483 g/mol. The Morgan fingerprint density at radius 1 is 1.06 bits per heavy atom. The van der Waals surface area contributed by atoms with Crippen LogP contribution in [0.3, 0.4) is 0 Å². The molecule has 0 saturated carbocycles. The summed E-state index contributed by atoms with van der Waals surface area (Å²) >= 11 is 8.77. The summed E-state index contributed by atoms with van der Waals surface area (Å²) in [5.74, 6) is 0.827. The van der Waals surface area contributed by atoms with Gasteiger partial charge in [0, 0.05) is 23.1 Å². The lowest BCUT2D eigenvalue weighted by atomic mass is 10.0. The first-order valence-electron chi connectivity index (χ1n) is 11.2. The Kier molecular flexibility index (Phi) is 6.48. The predicted molar refractivity (Wildman–Crippen MR) is 137 cm³/mol. The van der Waals surface area contributed by atoms with Gasteiger partial charge in [-0.3, -0.25) is 0 Å². The summed E-state index contributed by atoms with van der Waals surface area (Å²) in [6, 6.07) is 25.5. The van der Waals surface area contributed by atoms with Crippen LogP contribution in [0.5, 0.6) is 5.75 Å². The minimum Gasteiger partial charge on any atom is -1.00 e. The topological polar surface area (TPSA) is 16.4 Å². The lowest BCUT2D eigenvalue weighted by Crippen LogP contribution is -3.00. The van der Waals surface area contributed by atoms with E-state index in [1.54, 1.807) is 7.11 Å². The molecule has 0 spiro atoms. The molecule has 4 aromatic rings. The molecule has 0 unspecified atom stereocenters. The highest BCUT2D eigenvalue weighted by Crippen LogP contribution is 2.50. The van der Waals surface area contributed by atoms with E-state index < -0.39 is 0 Å². The molecule has 3 heterocycles. The molecule has 3 aromatic carbocycles. The van der Waals surface area contributed by atoms with E-state index in [2.05, 4.69) is 76.2 Å². The molecule has 1 aromatic heterocycles. The second-order valence-corrected chi connectivity index (χ2v) is 9.93. The number of para-hydroxylation sites is 1. The molecule has 0 bridgehead atoms. The fourth-order valence-electron chi connectivity index (χ4n) is 4.88. The first-order chi connectivity index (χ1) is 16.2. The zero-order chi connectivity index (χ0) is 22.4. The van der Waals surface area contributed by atoms with E-state index in [1.807, 2.05) is 23.9 Å². The lowest BCUT2D eigenvalue weighted by Gasteiger charge is -2.27. The molecule has 0 saturated heterocycles. The summed E-state index contributed by atoms with van der Waals surface area (Å²) in [4.78, 5) is 3.83. The lowest BCUT2D eigenvalue weighted by molar-refractivity contribution is -0.660. The third-order valence-electron chi connectivity index (χ3n) is 6.46. The van der Waals surface area contributed by atoms with E-state index in [0.717, 1.165) is 35.2 Å². The fourth-order valence-corrected chi connectivity index (χ4v) is 6.33. The van der Waals surface area contributed by atoms with Gasteiger partial charge in [-0.05, 0) is 59.8 Å². The van der Waals surface area contributed by atoms with Crippen molar-refractivity contribution in [3.8, 4) is 5.75 Å². The number of fused-ring (bicyclic) bond motifs is 1. The zero-order valence-corrected chi connectivity index (χ0v) is 21.1. The van der Waals surface area contributed by atoms with Crippen molar-refractivity contribution in [1.29, 1.82) is 0 Å². The van der Waals surface area contributed by atoms with Crippen molar-refractivity contribution in [2.75, 3.05) is 18.6 Å². The zero-order valence-electron chi connectivity index (χ0n) is 18.8. The third kappa shape index (κ3) is 4.04. The van der Waals surface area contributed by atoms with Crippen molar-refractivity contribution < 1.29 is 21.7 Å². The Morgan fingerprint density at radius 3 is 2.74 bits per heavy atom. The van der Waals surface area contributed by atoms with Gasteiger partial charge in [0.25, 0.3) is 5.15 Å². The first kappa shape index (κ1) is 23.1. The average Bonchev–Trinajstić information content (AvgIpc) is 3.21. The smallest absolute Gasteiger partial charge is 0.276 e. The van der Waals surface area contributed by atoms with Crippen molar-refractivity contribution in [3.63, 3.8) is 0 Å². The minimum atomic E-state index is 0. The maximum absolute atomic E-state index is 6.91. The molecule has 6 rings (SSSR count). The molecule has 3 nitrogen and oxygen atoms in total. The third-order valence-corrected chi connectivity index (χ3v) is 7.87. The number of benzene rings is 3. The highest BCUT2D eigenvalue weighted by atomic mass is 35.5. The molecule has 0 N–H and O–H groups in total.